The Bertz CT molecular complexity index is 924. The molecule has 4 rings (SSSR count). The molecule has 0 atom stereocenters. The van der Waals surface area contributed by atoms with Crippen LogP contribution in [0.2, 0.25) is 18.1 Å². The Balaban J connectivity index is 1.25. The molecule has 0 saturated carbocycles. The molecule has 0 bridgehead atoms. The van der Waals surface area contributed by atoms with Gasteiger partial charge in [0.05, 0.1) is 0 Å². The van der Waals surface area contributed by atoms with E-state index in [9.17, 15) is 0 Å². The van der Waals surface area contributed by atoms with Gasteiger partial charge < -0.3 is 14.2 Å². The van der Waals surface area contributed by atoms with E-state index in [0.717, 1.165) is 58.8 Å². The van der Waals surface area contributed by atoms with Crippen molar-refractivity contribution < 1.29 is 4.43 Å². The van der Waals surface area contributed by atoms with Crippen molar-refractivity contribution in [3.8, 4) is 0 Å². The number of para-hydroxylation sites is 2. The van der Waals surface area contributed by atoms with Crippen molar-refractivity contribution in [1.29, 1.82) is 0 Å². The summed E-state index contributed by atoms with van der Waals surface area (Å²) < 4.78 is 6.40. The Kier molecular flexibility index (Phi) is 7.98. The highest BCUT2D eigenvalue weighted by Gasteiger charge is 2.37. The second-order valence-corrected chi connectivity index (χ2v) is 16.1. The zero-order chi connectivity index (χ0) is 24.2. The third-order valence-electron chi connectivity index (χ3n) is 7.90. The van der Waals surface area contributed by atoms with Gasteiger partial charge in [-0.3, -0.25) is 4.90 Å². The predicted octanol–water partition coefficient (Wildman–Crippen LogP) is 6.34. The average Bonchev–Trinajstić information content (AvgIpc) is 2.97. The summed E-state index contributed by atoms with van der Waals surface area (Å²) in [7, 11) is -1.64. The number of fused-ring (bicyclic) bond motifs is 2. The second-order valence-electron chi connectivity index (χ2n) is 11.2. The molecule has 4 nitrogen and oxygen atoms in total. The molecule has 0 radical (unpaired) electrons. The van der Waals surface area contributed by atoms with E-state index in [2.05, 4.69) is 109 Å². The van der Waals surface area contributed by atoms with E-state index in [1.807, 2.05) is 0 Å². The fourth-order valence-corrected chi connectivity index (χ4v) is 5.67. The van der Waals surface area contributed by atoms with Crippen LogP contribution in [-0.4, -0.2) is 70.5 Å². The fraction of sp³-hybridized carbons (Fsp3) is 0.517. The van der Waals surface area contributed by atoms with Crippen molar-refractivity contribution in [2.45, 2.75) is 45.3 Å². The summed E-state index contributed by atoms with van der Waals surface area (Å²) in [6.07, 6.45) is 5.67. The van der Waals surface area contributed by atoms with Crippen LogP contribution in [0.5, 0.6) is 0 Å². The van der Waals surface area contributed by atoms with Crippen molar-refractivity contribution in [3.05, 3.63) is 59.7 Å². The van der Waals surface area contributed by atoms with Crippen LogP contribution in [0.4, 0.5) is 11.4 Å². The fourth-order valence-electron chi connectivity index (χ4n) is 4.63. The average molecular weight is 478 g/mol. The molecule has 0 aromatic heterocycles. The summed E-state index contributed by atoms with van der Waals surface area (Å²) in [5.74, 6) is 0. The molecule has 34 heavy (non-hydrogen) atoms. The maximum atomic E-state index is 6.40. The van der Waals surface area contributed by atoms with Crippen LogP contribution in [-0.2, 0) is 4.43 Å². The van der Waals surface area contributed by atoms with Crippen LogP contribution in [0.3, 0.4) is 0 Å². The highest BCUT2D eigenvalue weighted by molar-refractivity contribution is 6.74. The molecule has 0 spiro atoms. The number of hydrogen-bond donors (Lipinski definition) is 0. The lowest BCUT2D eigenvalue weighted by atomic mass is 10.1. The van der Waals surface area contributed by atoms with Crippen LogP contribution in [0.15, 0.2) is 48.5 Å². The molecule has 2 aromatic carbocycles. The van der Waals surface area contributed by atoms with Crippen LogP contribution < -0.4 is 4.90 Å². The molecule has 0 unspecified atom stereocenters. The first-order valence-corrected chi connectivity index (χ1v) is 15.9. The standard InChI is InChI=1S/C29H43N3OSi/c1-29(2,3)34(4,5)33-24-23-31-21-19-30(20-22-31)17-10-18-32-27-13-8-6-11-25(27)15-16-26-12-7-9-14-28(26)32/h6-9,11-16H,10,17-24H2,1-5H3. The number of rotatable bonds is 8. The van der Waals surface area contributed by atoms with Gasteiger partial charge in [-0.05, 0) is 54.4 Å². The number of piperazine rings is 1. The Morgan fingerprint density at radius 1 is 0.735 bits per heavy atom. The highest BCUT2D eigenvalue weighted by atomic mass is 28.4. The Hall–Kier alpha value is -1.92. The van der Waals surface area contributed by atoms with E-state index in [-0.39, 0.29) is 5.04 Å². The van der Waals surface area contributed by atoms with E-state index < -0.39 is 8.32 Å². The molecule has 2 aliphatic rings. The molecule has 1 fully saturated rings. The van der Waals surface area contributed by atoms with Gasteiger partial charge in [-0.2, -0.15) is 0 Å². The second kappa shape index (κ2) is 10.8. The van der Waals surface area contributed by atoms with Gasteiger partial charge in [0.15, 0.2) is 8.32 Å². The molecular formula is C29H43N3OSi. The normalized spacial score (nSPS) is 17.4. The Labute approximate surface area is 208 Å². The number of nitrogens with zero attached hydrogens (tertiary/aromatic N) is 3. The summed E-state index contributed by atoms with van der Waals surface area (Å²) in [4.78, 5) is 7.73. The van der Waals surface area contributed by atoms with Gasteiger partial charge in [-0.25, -0.2) is 0 Å². The molecule has 0 N–H and O–H groups in total. The van der Waals surface area contributed by atoms with Crippen molar-refractivity contribution in [2.75, 3.05) is 57.3 Å². The van der Waals surface area contributed by atoms with E-state index in [4.69, 9.17) is 4.43 Å². The van der Waals surface area contributed by atoms with E-state index in [1.54, 1.807) is 0 Å². The largest absolute Gasteiger partial charge is 0.416 e. The summed E-state index contributed by atoms with van der Waals surface area (Å²) in [6.45, 7) is 20.4. The summed E-state index contributed by atoms with van der Waals surface area (Å²) in [5, 5.41) is 0.288. The van der Waals surface area contributed by atoms with Gasteiger partial charge in [0, 0.05) is 57.3 Å². The third-order valence-corrected chi connectivity index (χ3v) is 12.4. The molecule has 2 heterocycles. The lowest BCUT2D eigenvalue weighted by molar-refractivity contribution is 0.114. The van der Waals surface area contributed by atoms with Crippen LogP contribution in [0.1, 0.15) is 38.3 Å². The third kappa shape index (κ3) is 6.00. The minimum Gasteiger partial charge on any atom is -0.416 e. The maximum absolute atomic E-state index is 6.40. The maximum Gasteiger partial charge on any atom is 0.192 e. The predicted molar refractivity (Wildman–Crippen MR) is 149 cm³/mol. The van der Waals surface area contributed by atoms with Crippen LogP contribution >= 0.6 is 0 Å². The summed E-state index contributed by atoms with van der Waals surface area (Å²) in [6, 6.07) is 17.5. The van der Waals surface area contributed by atoms with Gasteiger partial charge in [-0.15, -0.1) is 0 Å². The smallest absolute Gasteiger partial charge is 0.192 e. The highest BCUT2D eigenvalue weighted by Crippen LogP contribution is 2.37. The molecule has 0 amide bonds. The first-order valence-electron chi connectivity index (χ1n) is 13.0. The molecule has 1 saturated heterocycles. The van der Waals surface area contributed by atoms with Gasteiger partial charge in [-0.1, -0.05) is 69.3 Å². The molecule has 2 aromatic rings. The lowest BCUT2D eigenvalue weighted by Gasteiger charge is -2.38. The van der Waals surface area contributed by atoms with Crippen molar-refractivity contribution >= 4 is 31.8 Å². The molecule has 5 heteroatoms. The van der Waals surface area contributed by atoms with E-state index in [1.165, 1.54) is 22.5 Å². The molecule has 184 valence electrons. The zero-order valence-electron chi connectivity index (χ0n) is 21.9. The first kappa shape index (κ1) is 25.2. The van der Waals surface area contributed by atoms with Gasteiger partial charge in [0.2, 0.25) is 0 Å². The Morgan fingerprint density at radius 3 is 1.76 bits per heavy atom. The Morgan fingerprint density at radius 2 is 1.24 bits per heavy atom. The first-order chi connectivity index (χ1) is 16.2. The van der Waals surface area contributed by atoms with Gasteiger partial charge >= 0.3 is 0 Å². The topological polar surface area (TPSA) is 19.0 Å². The molecule has 0 aliphatic carbocycles. The SMILES string of the molecule is CC(C)(C)[Si](C)(C)OCCN1CCN(CCCN2c3ccccc3C=Cc3ccccc32)CC1. The van der Waals surface area contributed by atoms with Crippen molar-refractivity contribution in [2.24, 2.45) is 0 Å². The van der Waals surface area contributed by atoms with Crippen LogP contribution in [0, 0.1) is 0 Å². The minimum absolute atomic E-state index is 0.288. The zero-order valence-corrected chi connectivity index (χ0v) is 22.9. The number of anilines is 2. The quantitative estimate of drug-likeness (QED) is 0.413. The summed E-state index contributed by atoms with van der Waals surface area (Å²) >= 11 is 0. The van der Waals surface area contributed by atoms with Crippen molar-refractivity contribution in [3.63, 3.8) is 0 Å². The monoisotopic (exact) mass is 477 g/mol. The molecule has 2 aliphatic heterocycles. The van der Waals surface area contributed by atoms with E-state index in [0.29, 0.717) is 0 Å². The summed E-state index contributed by atoms with van der Waals surface area (Å²) in [5.41, 5.74) is 5.23. The minimum atomic E-state index is -1.64. The van der Waals surface area contributed by atoms with E-state index >= 15 is 0 Å². The number of hydrogen-bond acceptors (Lipinski definition) is 4. The van der Waals surface area contributed by atoms with Gasteiger partial charge in [0.1, 0.15) is 0 Å². The lowest BCUT2D eigenvalue weighted by Crippen LogP contribution is -2.49. The molecular weight excluding hydrogens is 434 g/mol. The van der Waals surface area contributed by atoms with Gasteiger partial charge in [0.25, 0.3) is 0 Å². The van der Waals surface area contributed by atoms with Crippen molar-refractivity contribution in [1.82, 2.24) is 9.80 Å². The number of benzene rings is 2. The van der Waals surface area contributed by atoms with Crippen LogP contribution in [0.25, 0.3) is 12.2 Å².